The fourth-order valence-electron chi connectivity index (χ4n) is 8.55. The number of thiazole rings is 1. The average Bonchev–Trinajstić information content (AvgIpc) is 3.94. The van der Waals surface area contributed by atoms with Crippen molar-refractivity contribution >= 4 is 61.0 Å². The molecule has 5 aromatic rings. The van der Waals surface area contributed by atoms with Gasteiger partial charge in [-0.25, -0.2) is 27.9 Å². The van der Waals surface area contributed by atoms with Gasteiger partial charge < -0.3 is 20.3 Å². The molecular weight excluding hydrogens is 693 g/mol. The predicted molar refractivity (Wildman–Crippen MR) is 182 cm³/mol. The summed E-state index contributed by atoms with van der Waals surface area (Å²) in [6, 6.07) is 4.04. The quantitative estimate of drug-likeness (QED) is 0.247. The van der Waals surface area contributed by atoms with Gasteiger partial charge in [0.15, 0.2) is 10.9 Å². The van der Waals surface area contributed by atoms with Crippen LogP contribution in [0.3, 0.4) is 0 Å². The van der Waals surface area contributed by atoms with Gasteiger partial charge >= 0.3 is 12.0 Å². The lowest BCUT2D eigenvalue weighted by atomic mass is 9.86. The van der Waals surface area contributed by atoms with E-state index in [0.29, 0.717) is 50.3 Å². The van der Waals surface area contributed by atoms with Gasteiger partial charge in [0.2, 0.25) is 0 Å². The second-order valence-corrected chi connectivity index (χ2v) is 15.4. The van der Waals surface area contributed by atoms with Crippen molar-refractivity contribution in [1.29, 1.82) is 0 Å². The Morgan fingerprint density at radius 3 is 2.80 bits per heavy atom. The molecule has 1 amide bonds. The lowest BCUT2D eigenvalue weighted by molar-refractivity contribution is 0.107. The number of rotatable bonds is 5. The van der Waals surface area contributed by atoms with E-state index in [0.717, 1.165) is 43.6 Å². The highest BCUT2D eigenvalue weighted by Crippen LogP contribution is 2.46. The van der Waals surface area contributed by atoms with Crippen LogP contribution in [0.1, 0.15) is 32.1 Å². The second-order valence-electron chi connectivity index (χ2n) is 13.9. The smallest absolute Gasteiger partial charge is 0.346 e. The number of fused-ring (bicyclic) bond motifs is 3. The topological polar surface area (TPSA) is 131 Å². The van der Waals surface area contributed by atoms with Gasteiger partial charge in [-0.1, -0.05) is 22.9 Å². The minimum Gasteiger partial charge on any atom is -0.461 e. The maximum Gasteiger partial charge on any atom is 0.346 e. The molecule has 0 aliphatic carbocycles. The number of anilines is 2. The molecule has 4 saturated heterocycles. The molecule has 260 valence electrons. The number of nitrogens with two attached hydrogens (primary N) is 1. The molecule has 0 bridgehead atoms. The molecule has 3 atom stereocenters. The molecule has 3 aromatic heterocycles. The highest BCUT2D eigenvalue weighted by molar-refractivity contribution is 7.22. The minimum atomic E-state index is -0.940. The van der Waals surface area contributed by atoms with E-state index in [4.69, 9.17) is 27.1 Å². The van der Waals surface area contributed by atoms with Gasteiger partial charge in [0.1, 0.15) is 42.6 Å². The Kier molecular flexibility index (Phi) is 7.37. The standard InChI is InChI=1S/C33H32ClF3N10O2S/c34-21-10-20-25(24(37)23(21)19-2-3-22(36)27-26(19)41-29(38)50-27)42-30(49-15-33-4-1-7-46(33)12-18(35)11-33)43-28(20)44-8-5-32(13-44)6-9-45(14-32)31(48)47-17-39-16-40-47/h2-3,10,16-18H,1,4-9,11-15H2,(H2,38,41)/t18-,32?,33+/m1/s1. The number of alkyl halides is 1. The summed E-state index contributed by atoms with van der Waals surface area (Å²) < 4.78 is 53.9. The van der Waals surface area contributed by atoms with Crippen molar-refractivity contribution in [1.82, 2.24) is 39.5 Å². The Balaban J connectivity index is 1.11. The first-order valence-corrected chi connectivity index (χ1v) is 17.8. The number of hydrogen-bond donors (Lipinski definition) is 1. The number of carbonyl (C=O) groups is 1. The highest BCUT2D eigenvalue weighted by atomic mass is 35.5. The zero-order chi connectivity index (χ0) is 34.4. The summed E-state index contributed by atoms with van der Waals surface area (Å²) in [5.74, 6) is -0.798. The number of aromatic nitrogens is 6. The zero-order valence-electron chi connectivity index (χ0n) is 26.8. The van der Waals surface area contributed by atoms with E-state index in [1.165, 1.54) is 29.5 Å². The molecule has 4 fully saturated rings. The molecule has 0 radical (unpaired) electrons. The van der Waals surface area contributed by atoms with Crippen molar-refractivity contribution in [3.63, 3.8) is 0 Å². The number of hydrogen-bond acceptors (Lipinski definition) is 11. The summed E-state index contributed by atoms with van der Waals surface area (Å²) in [6.07, 6.45) is 5.41. The Morgan fingerprint density at radius 1 is 1.10 bits per heavy atom. The molecule has 2 N–H and O–H groups in total. The number of carbonyl (C=O) groups excluding carboxylic acids is 1. The molecule has 1 spiro atoms. The Morgan fingerprint density at radius 2 is 1.96 bits per heavy atom. The van der Waals surface area contributed by atoms with Crippen LogP contribution in [-0.4, -0.2) is 103 Å². The Bertz CT molecular complexity index is 2170. The number of halogens is 4. The summed E-state index contributed by atoms with van der Waals surface area (Å²) >= 11 is 7.83. The third kappa shape index (κ3) is 5.05. The number of nitrogen functional groups attached to an aromatic ring is 1. The third-order valence-corrected chi connectivity index (χ3v) is 12.1. The van der Waals surface area contributed by atoms with E-state index in [1.807, 2.05) is 0 Å². The monoisotopic (exact) mass is 724 g/mol. The number of likely N-dealkylation sites (tertiary alicyclic amines) is 1. The van der Waals surface area contributed by atoms with Gasteiger partial charge in [0.05, 0.1) is 20.8 Å². The molecule has 50 heavy (non-hydrogen) atoms. The Labute approximate surface area is 293 Å². The molecule has 4 aliphatic heterocycles. The first-order valence-electron chi connectivity index (χ1n) is 16.6. The number of amides is 1. The zero-order valence-corrected chi connectivity index (χ0v) is 28.4. The molecule has 1 unspecified atom stereocenters. The normalized spacial score (nSPS) is 25.2. The maximum atomic E-state index is 17.0. The molecule has 12 nitrogen and oxygen atoms in total. The SMILES string of the molecule is Nc1nc2c(-c3c(Cl)cc4c(N5CCC6(CCN(C(=O)n7cncn7)C6)C5)nc(OC[C@@]56CCCN5C[C@H](F)C6)nc4c3F)ccc(F)c2s1. The number of benzene rings is 2. The van der Waals surface area contributed by atoms with Crippen LogP contribution >= 0.6 is 22.9 Å². The lowest BCUT2D eigenvalue weighted by Crippen LogP contribution is -2.43. The second kappa shape index (κ2) is 11.6. The molecule has 4 aliphatic rings. The van der Waals surface area contributed by atoms with Crippen LogP contribution in [0.4, 0.5) is 28.9 Å². The van der Waals surface area contributed by atoms with Crippen LogP contribution in [0.2, 0.25) is 5.02 Å². The first kappa shape index (κ1) is 31.7. The van der Waals surface area contributed by atoms with Crippen LogP contribution in [0.15, 0.2) is 30.9 Å². The van der Waals surface area contributed by atoms with Crippen molar-refractivity contribution in [2.45, 2.75) is 43.8 Å². The average molecular weight is 725 g/mol. The van der Waals surface area contributed by atoms with Gasteiger partial charge in [-0.3, -0.25) is 4.90 Å². The molecular formula is C33H32ClF3N10O2S. The van der Waals surface area contributed by atoms with Crippen LogP contribution < -0.4 is 15.4 Å². The summed E-state index contributed by atoms with van der Waals surface area (Å²) in [7, 11) is 0. The van der Waals surface area contributed by atoms with Gasteiger partial charge in [-0.2, -0.15) is 19.7 Å². The van der Waals surface area contributed by atoms with Crippen molar-refractivity contribution in [3.05, 3.63) is 47.5 Å². The van der Waals surface area contributed by atoms with Crippen molar-refractivity contribution < 1.29 is 22.7 Å². The molecule has 7 heterocycles. The van der Waals surface area contributed by atoms with Gasteiger partial charge in [0, 0.05) is 61.1 Å². The fraction of sp³-hybridized carbons (Fsp3) is 0.455. The summed E-state index contributed by atoms with van der Waals surface area (Å²) in [4.78, 5) is 36.6. The summed E-state index contributed by atoms with van der Waals surface area (Å²) in [5.41, 5.74) is 5.72. The fourth-order valence-corrected chi connectivity index (χ4v) is 9.61. The molecule has 17 heteroatoms. The maximum absolute atomic E-state index is 17.0. The van der Waals surface area contributed by atoms with E-state index in [9.17, 15) is 13.6 Å². The van der Waals surface area contributed by atoms with E-state index >= 15 is 4.39 Å². The molecule has 0 saturated carbocycles. The van der Waals surface area contributed by atoms with Gasteiger partial charge in [0.25, 0.3) is 0 Å². The molecule has 9 rings (SSSR count). The lowest BCUT2D eigenvalue weighted by Gasteiger charge is -2.31. The van der Waals surface area contributed by atoms with E-state index in [1.54, 1.807) is 11.0 Å². The van der Waals surface area contributed by atoms with E-state index in [2.05, 4.69) is 29.9 Å². The predicted octanol–water partition coefficient (Wildman–Crippen LogP) is 5.54. The first-order chi connectivity index (χ1) is 24.1. The van der Waals surface area contributed by atoms with Gasteiger partial charge in [-0.05, 0) is 50.4 Å². The summed E-state index contributed by atoms with van der Waals surface area (Å²) in [6.45, 7) is 3.56. The molecule has 2 aromatic carbocycles. The van der Waals surface area contributed by atoms with Crippen LogP contribution in [0.5, 0.6) is 6.01 Å². The van der Waals surface area contributed by atoms with E-state index in [-0.39, 0.29) is 61.1 Å². The van der Waals surface area contributed by atoms with Crippen molar-refractivity contribution in [2.24, 2.45) is 5.41 Å². The Hall–Kier alpha value is -4.28. The van der Waals surface area contributed by atoms with Crippen LogP contribution in [0.25, 0.3) is 32.2 Å². The van der Waals surface area contributed by atoms with Crippen molar-refractivity contribution in [2.75, 3.05) is 56.5 Å². The minimum absolute atomic E-state index is 0.0117. The highest BCUT2D eigenvalue weighted by Gasteiger charge is 2.50. The van der Waals surface area contributed by atoms with Gasteiger partial charge in [-0.15, -0.1) is 0 Å². The number of ether oxygens (including phenoxy) is 1. The third-order valence-electron chi connectivity index (χ3n) is 10.9. The largest absolute Gasteiger partial charge is 0.461 e. The van der Waals surface area contributed by atoms with Crippen LogP contribution in [0, 0.1) is 17.0 Å². The van der Waals surface area contributed by atoms with E-state index < -0.39 is 23.3 Å². The summed E-state index contributed by atoms with van der Waals surface area (Å²) in [5, 5.41) is 4.60. The van der Waals surface area contributed by atoms with Crippen LogP contribution in [-0.2, 0) is 0 Å². The van der Waals surface area contributed by atoms with Crippen molar-refractivity contribution in [3.8, 4) is 17.1 Å². The number of nitrogens with zero attached hydrogens (tertiary/aromatic N) is 9.